The summed E-state index contributed by atoms with van der Waals surface area (Å²) in [6.45, 7) is 5.96. The van der Waals surface area contributed by atoms with E-state index in [2.05, 4.69) is 15.4 Å². The standard InChI is InChI=1S/C16H18ClN5O2/c1-4-16(11-6-8-12(17)9-7-11)13(23)22(15(24)19-16)14-18-10(3)20-21(14)5-2/h6-9H,4-5H2,1-3H3,(H,19,24). The molecule has 1 aromatic heterocycles. The molecule has 1 fully saturated rings. The normalized spacial score (nSPS) is 20.6. The van der Waals surface area contributed by atoms with Gasteiger partial charge in [0.25, 0.3) is 5.91 Å². The fourth-order valence-corrected chi connectivity index (χ4v) is 3.08. The van der Waals surface area contributed by atoms with E-state index in [0.717, 1.165) is 4.90 Å². The van der Waals surface area contributed by atoms with Crippen molar-refractivity contribution in [3.63, 3.8) is 0 Å². The highest BCUT2D eigenvalue weighted by atomic mass is 35.5. The lowest BCUT2D eigenvalue weighted by Gasteiger charge is -2.25. The van der Waals surface area contributed by atoms with Gasteiger partial charge in [-0.1, -0.05) is 30.7 Å². The summed E-state index contributed by atoms with van der Waals surface area (Å²) < 4.78 is 1.54. The summed E-state index contributed by atoms with van der Waals surface area (Å²) in [5, 5.41) is 7.61. The van der Waals surface area contributed by atoms with Crippen LogP contribution < -0.4 is 10.2 Å². The average Bonchev–Trinajstić information content (AvgIpc) is 3.05. The zero-order valence-electron chi connectivity index (χ0n) is 13.7. The number of benzene rings is 1. The Hall–Kier alpha value is -2.41. The predicted molar refractivity (Wildman–Crippen MR) is 89.9 cm³/mol. The smallest absolute Gasteiger partial charge is 0.319 e. The van der Waals surface area contributed by atoms with E-state index >= 15 is 0 Å². The number of hydrogen-bond donors (Lipinski definition) is 1. The zero-order chi connectivity index (χ0) is 17.5. The lowest BCUT2D eigenvalue weighted by molar-refractivity contribution is -0.122. The molecule has 126 valence electrons. The van der Waals surface area contributed by atoms with Gasteiger partial charge in [0.05, 0.1) is 0 Å². The highest BCUT2D eigenvalue weighted by Gasteiger charge is 2.53. The number of hydrogen-bond acceptors (Lipinski definition) is 4. The second-order valence-corrected chi connectivity index (χ2v) is 6.05. The van der Waals surface area contributed by atoms with Crippen molar-refractivity contribution in [1.29, 1.82) is 0 Å². The first kappa shape index (κ1) is 16.4. The van der Waals surface area contributed by atoms with E-state index in [1.54, 1.807) is 35.9 Å². The van der Waals surface area contributed by atoms with Crippen molar-refractivity contribution >= 4 is 29.5 Å². The first-order chi connectivity index (χ1) is 11.4. The number of anilines is 1. The Morgan fingerprint density at radius 1 is 1.21 bits per heavy atom. The van der Waals surface area contributed by atoms with Gasteiger partial charge in [0.2, 0.25) is 5.95 Å². The number of urea groups is 1. The third-order valence-corrected chi connectivity index (χ3v) is 4.47. The molecule has 1 aliphatic rings. The van der Waals surface area contributed by atoms with Crippen LogP contribution in [0.3, 0.4) is 0 Å². The summed E-state index contributed by atoms with van der Waals surface area (Å²) in [7, 11) is 0. The largest absolute Gasteiger partial charge is 0.332 e. The van der Waals surface area contributed by atoms with Crippen molar-refractivity contribution in [1.82, 2.24) is 20.1 Å². The van der Waals surface area contributed by atoms with Crippen molar-refractivity contribution in [3.05, 3.63) is 40.7 Å². The Balaban J connectivity index is 2.08. The van der Waals surface area contributed by atoms with E-state index in [9.17, 15) is 9.59 Å². The minimum absolute atomic E-state index is 0.238. The van der Waals surface area contributed by atoms with Crippen LogP contribution in [0.1, 0.15) is 31.7 Å². The van der Waals surface area contributed by atoms with Gasteiger partial charge < -0.3 is 5.32 Å². The minimum atomic E-state index is -1.12. The summed E-state index contributed by atoms with van der Waals surface area (Å²) in [6, 6.07) is 6.41. The third-order valence-electron chi connectivity index (χ3n) is 4.22. The number of aromatic nitrogens is 3. The fraction of sp³-hybridized carbons (Fsp3) is 0.375. The molecule has 24 heavy (non-hydrogen) atoms. The molecule has 8 heteroatoms. The summed E-state index contributed by atoms with van der Waals surface area (Å²) in [5.41, 5.74) is -0.436. The Bertz CT molecular complexity index is 801. The molecular formula is C16H18ClN5O2. The van der Waals surface area contributed by atoms with Crippen LogP contribution in [0.5, 0.6) is 0 Å². The van der Waals surface area contributed by atoms with E-state index in [1.807, 2.05) is 13.8 Å². The maximum absolute atomic E-state index is 13.2. The van der Waals surface area contributed by atoms with Gasteiger partial charge in [-0.05, 0) is 38.0 Å². The maximum atomic E-state index is 13.2. The first-order valence-corrected chi connectivity index (χ1v) is 8.15. The number of rotatable bonds is 4. The minimum Gasteiger partial charge on any atom is -0.319 e. The van der Waals surface area contributed by atoms with Gasteiger partial charge >= 0.3 is 6.03 Å². The summed E-state index contributed by atoms with van der Waals surface area (Å²) in [6.07, 6.45) is 0.412. The Morgan fingerprint density at radius 3 is 2.46 bits per heavy atom. The SMILES string of the molecule is CCn1nc(C)nc1N1C(=O)NC(CC)(c2ccc(Cl)cc2)C1=O. The highest BCUT2D eigenvalue weighted by Crippen LogP contribution is 2.35. The number of nitrogens with zero attached hydrogens (tertiary/aromatic N) is 4. The molecule has 0 bridgehead atoms. The molecule has 1 aromatic carbocycles. The van der Waals surface area contributed by atoms with Crippen LogP contribution in [0.15, 0.2) is 24.3 Å². The lowest BCUT2D eigenvalue weighted by Crippen LogP contribution is -2.43. The van der Waals surface area contributed by atoms with E-state index < -0.39 is 11.6 Å². The number of aryl methyl sites for hydroxylation is 2. The molecule has 0 aliphatic carbocycles. The number of amides is 3. The van der Waals surface area contributed by atoms with Crippen molar-refractivity contribution in [2.75, 3.05) is 4.90 Å². The highest BCUT2D eigenvalue weighted by molar-refractivity contribution is 6.30. The predicted octanol–water partition coefficient (Wildman–Crippen LogP) is 2.62. The molecule has 2 heterocycles. The zero-order valence-corrected chi connectivity index (χ0v) is 14.5. The van der Waals surface area contributed by atoms with Crippen LogP contribution in [0, 0.1) is 6.92 Å². The van der Waals surface area contributed by atoms with Crippen LogP contribution in [-0.2, 0) is 16.9 Å². The van der Waals surface area contributed by atoms with E-state index in [-0.39, 0.29) is 11.9 Å². The van der Waals surface area contributed by atoms with E-state index in [4.69, 9.17) is 11.6 Å². The summed E-state index contributed by atoms with van der Waals surface area (Å²) in [5.74, 6) is 0.383. The van der Waals surface area contributed by atoms with E-state index in [1.165, 1.54) is 0 Å². The van der Waals surface area contributed by atoms with Crippen LogP contribution in [0.25, 0.3) is 0 Å². The van der Waals surface area contributed by atoms with E-state index in [0.29, 0.717) is 29.4 Å². The number of imide groups is 1. The number of carbonyl (C=O) groups excluding carboxylic acids is 2. The van der Waals surface area contributed by atoms with Gasteiger partial charge in [0.15, 0.2) is 0 Å². The average molecular weight is 348 g/mol. The van der Waals surface area contributed by atoms with Gasteiger partial charge in [-0.3, -0.25) is 4.79 Å². The van der Waals surface area contributed by atoms with Gasteiger partial charge in [-0.15, -0.1) is 0 Å². The molecule has 0 spiro atoms. The Labute approximate surface area is 144 Å². The lowest BCUT2D eigenvalue weighted by atomic mass is 9.87. The van der Waals surface area contributed by atoms with Crippen molar-refractivity contribution in [2.45, 2.75) is 39.3 Å². The molecule has 1 unspecified atom stereocenters. The van der Waals surface area contributed by atoms with Crippen molar-refractivity contribution in [2.24, 2.45) is 0 Å². The third kappa shape index (κ3) is 2.36. The molecule has 1 atom stereocenters. The molecular weight excluding hydrogens is 330 g/mol. The number of nitrogens with one attached hydrogen (secondary N) is 1. The number of halogens is 1. The number of carbonyl (C=O) groups is 2. The molecule has 3 amide bonds. The van der Waals surface area contributed by atoms with Gasteiger partial charge in [-0.2, -0.15) is 15.0 Å². The molecule has 0 radical (unpaired) electrons. The van der Waals surface area contributed by atoms with Crippen molar-refractivity contribution < 1.29 is 9.59 Å². The topological polar surface area (TPSA) is 80.1 Å². The summed E-state index contributed by atoms with van der Waals surface area (Å²) in [4.78, 5) is 31.0. The molecule has 1 N–H and O–H groups in total. The second kappa shape index (κ2) is 5.90. The molecule has 0 saturated carbocycles. The molecule has 3 rings (SSSR count). The Kier molecular flexibility index (Phi) is 4.04. The van der Waals surface area contributed by atoms with Crippen molar-refractivity contribution in [3.8, 4) is 0 Å². The van der Waals surface area contributed by atoms with Gasteiger partial charge in [-0.25, -0.2) is 9.48 Å². The molecule has 1 aliphatic heterocycles. The van der Waals surface area contributed by atoms with Gasteiger partial charge in [0, 0.05) is 11.6 Å². The monoisotopic (exact) mass is 347 g/mol. The quantitative estimate of drug-likeness (QED) is 0.862. The van der Waals surface area contributed by atoms with Crippen LogP contribution in [0.4, 0.5) is 10.7 Å². The summed E-state index contributed by atoms with van der Waals surface area (Å²) >= 11 is 5.93. The van der Waals surface area contributed by atoms with Crippen LogP contribution >= 0.6 is 11.6 Å². The molecule has 2 aromatic rings. The maximum Gasteiger partial charge on any atom is 0.332 e. The first-order valence-electron chi connectivity index (χ1n) is 7.77. The Morgan fingerprint density at radius 2 is 1.88 bits per heavy atom. The molecule has 1 saturated heterocycles. The fourth-order valence-electron chi connectivity index (χ4n) is 2.95. The second-order valence-electron chi connectivity index (χ2n) is 5.61. The molecule has 7 nitrogen and oxygen atoms in total. The van der Waals surface area contributed by atoms with Crippen LogP contribution in [-0.4, -0.2) is 26.7 Å². The van der Waals surface area contributed by atoms with Gasteiger partial charge in [0.1, 0.15) is 11.4 Å². The van der Waals surface area contributed by atoms with Crippen LogP contribution in [0.2, 0.25) is 5.02 Å².